The van der Waals surface area contributed by atoms with E-state index in [0.29, 0.717) is 16.1 Å². The fraction of sp³-hybridized carbons (Fsp3) is 0.500. The Morgan fingerprint density at radius 3 is 2.24 bits per heavy atom. The minimum atomic E-state index is -0.255. The normalized spacial score (nSPS) is 11.8. The van der Waals surface area contributed by atoms with Gasteiger partial charge in [0.15, 0.2) is 0 Å². The van der Waals surface area contributed by atoms with Crippen molar-refractivity contribution >= 4 is 16.9 Å². The summed E-state index contributed by atoms with van der Waals surface area (Å²) in [6.07, 6.45) is 0. The van der Waals surface area contributed by atoms with Crippen LogP contribution in [-0.4, -0.2) is 23.6 Å². The maximum atomic E-state index is 11.5. The van der Waals surface area contributed by atoms with E-state index in [1.165, 1.54) is 12.0 Å². The number of carbonyl (C=O) groups is 1. The van der Waals surface area contributed by atoms with Gasteiger partial charge in [-0.25, -0.2) is 15.7 Å². The van der Waals surface area contributed by atoms with Crippen molar-refractivity contribution in [2.75, 3.05) is 7.11 Å². The Bertz CT molecular complexity index is 378. The van der Waals surface area contributed by atoms with Crippen molar-refractivity contribution in [3.05, 3.63) is 29.8 Å². The highest BCUT2D eigenvalue weighted by Crippen LogP contribution is 2.44. The minimum absolute atomic E-state index is 0.228. The standard InChI is InChI=1S/C14H22O2S/c1-10(2)17(11(3)4)13-8-6-7-12(9-13)14(15)16-5/h6-11,17H,1-5H3. The number of hydrogen-bond acceptors (Lipinski definition) is 2. The van der Waals surface area contributed by atoms with Gasteiger partial charge in [-0.15, -0.1) is 0 Å². The molecule has 0 saturated carbocycles. The molecule has 1 aromatic carbocycles. The molecule has 1 aromatic rings. The molecular weight excluding hydrogens is 232 g/mol. The number of carbonyl (C=O) groups excluding carboxylic acids is 1. The maximum Gasteiger partial charge on any atom is 0.337 e. The Labute approximate surface area is 107 Å². The number of thiol groups is 1. The van der Waals surface area contributed by atoms with E-state index < -0.39 is 0 Å². The zero-order chi connectivity index (χ0) is 13.0. The molecule has 0 radical (unpaired) electrons. The lowest BCUT2D eigenvalue weighted by Gasteiger charge is -2.30. The Hall–Kier alpha value is -0.960. The monoisotopic (exact) mass is 254 g/mol. The highest BCUT2D eigenvalue weighted by molar-refractivity contribution is 8.18. The Morgan fingerprint density at radius 2 is 1.76 bits per heavy atom. The van der Waals surface area contributed by atoms with E-state index in [-0.39, 0.29) is 16.9 Å². The van der Waals surface area contributed by atoms with Crippen LogP contribution in [0.15, 0.2) is 29.2 Å². The van der Waals surface area contributed by atoms with Crippen molar-refractivity contribution in [2.45, 2.75) is 43.1 Å². The molecule has 0 amide bonds. The van der Waals surface area contributed by atoms with E-state index in [1.807, 2.05) is 18.2 Å². The molecule has 0 aromatic heterocycles. The van der Waals surface area contributed by atoms with E-state index in [1.54, 1.807) is 0 Å². The van der Waals surface area contributed by atoms with Gasteiger partial charge in [-0.3, -0.25) is 0 Å². The molecule has 0 heterocycles. The lowest BCUT2D eigenvalue weighted by Crippen LogP contribution is -2.09. The molecule has 0 aliphatic heterocycles. The zero-order valence-electron chi connectivity index (χ0n) is 11.2. The molecule has 0 unspecified atom stereocenters. The summed E-state index contributed by atoms with van der Waals surface area (Å²) in [5.74, 6) is -0.255. The number of ether oxygens (including phenoxy) is 1. The summed E-state index contributed by atoms with van der Waals surface area (Å²) < 4.78 is 4.76. The van der Waals surface area contributed by atoms with E-state index in [2.05, 4.69) is 33.8 Å². The van der Waals surface area contributed by atoms with Crippen LogP contribution in [0, 0.1) is 0 Å². The SMILES string of the molecule is COC(=O)c1cccc([SH](C(C)C)C(C)C)c1. The van der Waals surface area contributed by atoms with Gasteiger partial charge in [0, 0.05) is 0 Å². The largest absolute Gasteiger partial charge is 0.465 e. The molecule has 0 fully saturated rings. The second kappa shape index (κ2) is 6.10. The van der Waals surface area contributed by atoms with Crippen molar-refractivity contribution in [1.29, 1.82) is 0 Å². The van der Waals surface area contributed by atoms with Crippen molar-refractivity contribution in [2.24, 2.45) is 0 Å². The summed E-state index contributed by atoms with van der Waals surface area (Å²) in [5.41, 5.74) is 0.652. The molecule has 2 nitrogen and oxygen atoms in total. The van der Waals surface area contributed by atoms with Crippen LogP contribution >= 0.6 is 10.9 Å². The first kappa shape index (κ1) is 14.1. The highest BCUT2D eigenvalue weighted by atomic mass is 32.2. The molecule has 0 atom stereocenters. The van der Waals surface area contributed by atoms with Gasteiger partial charge in [0.1, 0.15) is 0 Å². The molecule has 0 aliphatic carbocycles. The predicted molar refractivity (Wildman–Crippen MR) is 75.3 cm³/mol. The first-order valence-corrected chi connectivity index (χ1v) is 7.42. The van der Waals surface area contributed by atoms with Crippen LogP contribution in [0.2, 0.25) is 0 Å². The number of methoxy groups -OCH3 is 1. The van der Waals surface area contributed by atoms with E-state index >= 15 is 0 Å². The minimum Gasteiger partial charge on any atom is -0.465 e. The summed E-state index contributed by atoms with van der Waals surface area (Å²) in [7, 11) is 1.19. The second-order valence-electron chi connectivity index (χ2n) is 4.64. The quantitative estimate of drug-likeness (QED) is 0.655. The van der Waals surface area contributed by atoms with Gasteiger partial charge < -0.3 is 4.74 Å². The van der Waals surface area contributed by atoms with Crippen LogP contribution in [0.3, 0.4) is 0 Å². The fourth-order valence-corrected chi connectivity index (χ4v) is 5.04. The van der Waals surface area contributed by atoms with Gasteiger partial charge in [-0.05, 0) is 27.5 Å². The molecule has 0 aliphatic rings. The van der Waals surface area contributed by atoms with Gasteiger partial charge in [-0.2, -0.15) is 0 Å². The number of hydrogen-bond donors (Lipinski definition) is 1. The summed E-state index contributed by atoms with van der Waals surface area (Å²) in [6.45, 7) is 8.99. The summed E-state index contributed by atoms with van der Waals surface area (Å²) in [6, 6.07) is 7.86. The maximum absolute atomic E-state index is 11.5. The smallest absolute Gasteiger partial charge is 0.337 e. The van der Waals surface area contributed by atoms with Crippen molar-refractivity contribution in [3.8, 4) is 0 Å². The van der Waals surface area contributed by atoms with Gasteiger partial charge in [0.25, 0.3) is 0 Å². The topological polar surface area (TPSA) is 26.3 Å². The Kier molecular flexibility index (Phi) is 5.06. The molecule has 3 heteroatoms. The van der Waals surface area contributed by atoms with Gasteiger partial charge in [-0.1, -0.05) is 39.8 Å². The predicted octanol–water partition coefficient (Wildman–Crippen LogP) is 3.65. The van der Waals surface area contributed by atoms with E-state index in [4.69, 9.17) is 4.74 Å². The van der Waals surface area contributed by atoms with Crippen molar-refractivity contribution < 1.29 is 9.53 Å². The van der Waals surface area contributed by atoms with Crippen LogP contribution in [0.4, 0.5) is 0 Å². The molecular formula is C14H22O2S. The van der Waals surface area contributed by atoms with Crippen molar-refractivity contribution in [1.82, 2.24) is 0 Å². The number of esters is 1. The van der Waals surface area contributed by atoms with Crippen LogP contribution in [0.25, 0.3) is 0 Å². The van der Waals surface area contributed by atoms with Crippen LogP contribution in [0.1, 0.15) is 38.1 Å². The van der Waals surface area contributed by atoms with Gasteiger partial charge >= 0.3 is 5.97 Å². The third-order valence-corrected chi connectivity index (χ3v) is 5.78. The number of rotatable bonds is 4. The zero-order valence-corrected chi connectivity index (χ0v) is 12.1. The third-order valence-electron chi connectivity index (χ3n) is 2.68. The lowest BCUT2D eigenvalue weighted by molar-refractivity contribution is 0.0600. The number of benzene rings is 1. The first-order chi connectivity index (χ1) is 7.97. The molecule has 0 saturated heterocycles. The van der Waals surface area contributed by atoms with Crippen LogP contribution in [-0.2, 0) is 4.74 Å². The third kappa shape index (κ3) is 3.50. The summed E-state index contributed by atoms with van der Waals surface area (Å²) >= 11 is 0. The lowest BCUT2D eigenvalue weighted by atomic mass is 10.2. The summed E-state index contributed by atoms with van der Waals surface area (Å²) in [4.78, 5) is 12.8. The molecule has 17 heavy (non-hydrogen) atoms. The van der Waals surface area contributed by atoms with Crippen LogP contribution < -0.4 is 0 Å². The molecule has 0 bridgehead atoms. The molecule has 96 valence electrons. The average molecular weight is 254 g/mol. The first-order valence-electron chi connectivity index (χ1n) is 5.94. The van der Waals surface area contributed by atoms with Crippen molar-refractivity contribution in [3.63, 3.8) is 0 Å². The van der Waals surface area contributed by atoms with Crippen LogP contribution in [0.5, 0.6) is 0 Å². The van der Waals surface area contributed by atoms with Gasteiger partial charge in [0.2, 0.25) is 0 Å². The molecule has 0 spiro atoms. The Balaban J connectivity index is 3.08. The molecule has 1 rings (SSSR count). The van der Waals surface area contributed by atoms with Gasteiger partial charge in [0.05, 0.1) is 12.7 Å². The second-order valence-corrected chi connectivity index (χ2v) is 8.03. The molecule has 0 N–H and O–H groups in total. The fourth-order valence-electron chi connectivity index (χ4n) is 2.10. The van der Waals surface area contributed by atoms with E-state index in [9.17, 15) is 4.79 Å². The Morgan fingerprint density at radius 1 is 1.18 bits per heavy atom. The average Bonchev–Trinajstić information content (AvgIpc) is 2.27. The van der Waals surface area contributed by atoms with E-state index in [0.717, 1.165) is 0 Å². The summed E-state index contributed by atoms with van der Waals surface area (Å²) in [5, 5.41) is 1.25. The highest BCUT2D eigenvalue weighted by Gasteiger charge is 2.16.